The Labute approximate surface area is 244 Å². The molecule has 4 aromatic heterocycles. The zero-order valence-corrected chi connectivity index (χ0v) is 23.8. The molecule has 0 aliphatic carbocycles. The van der Waals surface area contributed by atoms with Gasteiger partial charge in [0.05, 0.1) is 22.2 Å². The number of fused-ring (bicyclic) bond motifs is 3. The maximum atomic E-state index is 16.6. The number of rotatable bonds is 7. The van der Waals surface area contributed by atoms with Gasteiger partial charge in [0.15, 0.2) is 5.82 Å². The number of likely N-dealkylation sites (N-methyl/N-ethyl adjacent to an activating group) is 1. The van der Waals surface area contributed by atoms with Gasteiger partial charge in [-0.2, -0.15) is 0 Å². The molecule has 6 heterocycles. The highest BCUT2D eigenvalue weighted by Crippen LogP contribution is 2.45. The van der Waals surface area contributed by atoms with Crippen LogP contribution in [-0.4, -0.2) is 86.6 Å². The standard InChI is InChI=1S/C30H29F2N7O4/c1-15(31)7-21(38(4)14-40)25-24(32)23-26(39-6-5-16-11-36(2)13-22(16)39)19(10-33-28(23)35-25)17-8-18-27(41)20(30(42)43)12-37(3)29(18)34-9-17/h7-10,12,14,16,22H,1,5-6,11,13H2,2-4H3,(H,33,35)(H,42,43)/b21-7+/t16-,22+/m0/s1. The number of aryl methyl sites for hydroxylation is 1. The average molecular weight is 590 g/mol. The molecule has 222 valence electrons. The van der Waals surface area contributed by atoms with Crippen LogP contribution in [0, 0.1) is 11.7 Å². The van der Waals surface area contributed by atoms with E-state index >= 15 is 4.39 Å². The van der Waals surface area contributed by atoms with Gasteiger partial charge in [0.25, 0.3) is 0 Å². The van der Waals surface area contributed by atoms with Crippen LogP contribution in [0.5, 0.6) is 0 Å². The number of aromatic nitrogens is 4. The van der Waals surface area contributed by atoms with Crippen molar-refractivity contribution in [1.29, 1.82) is 0 Å². The summed E-state index contributed by atoms with van der Waals surface area (Å²) in [7, 11) is 5.01. The highest BCUT2D eigenvalue weighted by atomic mass is 19.1. The highest BCUT2D eigenvalue weighted by Gasteiger charge is 2.42. The number of aromatic amines is 1. The minimum atomic E-state index is -1.35. The van der Waals surface area contributed by atoms with Crippen molar-refractivity contribution in [2.75, 3.05) is 38.6 Å². The van der Waals surface area contributed by atoms with Gasteiger partial charge in [0.2, 0.25) is 11.8 Å². The number of likely N-dealkylation sites (tertiary alicyclic amines) is 1. The topological polar surface area (TPSA) is 128 Å². The van der Waals surface area contributed by atoms with Gasteiger partial charge >= 0.3 is 5.97 Å². The fourth-order valence-corrected chi connectivity index (χ4v) is 6.46. The van der Waals surface area contributed by atoms with Crippen molar-refractivity contribution < 1.29 is 23.5 Å². The van der Waals surface area contributed by atoms with E-state index in [1.54, 1.807) is 25.5 Å². The lowest BCUT2D eigenvalue weighted by molar-refractivity contribution is -0.114. The predicted molar refractivity (Wildman–Crippen MR) is 158 cm³/mol. The smallest absolute Gasteiger partial charge is 0.341 e. The van der Waals surface area contributed by atoms with Crippen LogP contribution >= 0.6 is 0 Å². The monoisotopic (exact) mass is 589 g/mol. The largest absolute Gasteiger partial charge is 0.477 e. The van der Waals surface area contributed by atoms with Crippen molar-refractivity contribution in [1.82, 2.24) is 29.3 Å². The molecule has 0 unspecified atom stereocenters. The van der Waals surface area contributed by atoms with E-state index in [0.717, 1.165) is 30.5 Å². The Morgan fingerprint density at radius 3 is 2.72 bits per heavy atom. The first-order chi connectivity index (χ1) is 20.5. The molecule has 0 bridgehead atoms. The lowest BCUT2D eigenvalue weighted by Crippen LogP contribution is -2.35. The van der Waals surface area contributed by atoms with Gasteiger partial charge in [-0.1, -0.05) is 6.58 Å². The second-order valence-electron chi connectivity index (χ2n) is 11.2. The first-order valence-corrected chi connectivity index (χ1v) is 13.6. The molecule has 6 rings (SSSR count). The molecule has 13 heteroatoms. The maximum absolute atomic E-state index is 16.6. The van der Waals surface area contributed by atoms with Gasteiger partial charge in [0.1, 0.15) is 28.4 Å². The number of aromatic carboxylic acids is 1. The summed E-state index contributed by atoms with van der Waals surface area (Å²) in [5, 5.41) is 9.82. The Balaban J connectivity index is 1.64. The third-order valence-corrected chi connectivity index (χ3v) is 8.39. The molecule has 0 radical (unpaired) electrons. The van der Waals surface area contributed by atoms with Gasteiger partial charge in [-0.3, -0.25) is 9.59 Å². The lowest BCUT2D eigenvalue weighted by Gasteiger charge is -2.29. The predicted octanol–water partition coefficient (Wildman–Crippen LogP) is 3.37. The van der Waals surface area contributed by atoms with Crippen LogP contribution < -0.4 is 10.3 Å². The molecule has 2 saturated heterocycles. The molecule has 0 saturated carbocycles. The number of carboxylic acid groups (broad SMARTS) is 1. The number of nitrogens with zero attached hydrogens (tertiary/aromatic N) is 6. The Morgan fingerprint density at radius 2 is 2.02 bits per heavy atom. The number of pyridine rings is 3. The summed E-state index contributed by atoms with van der Waals surface area (Å²) in [5.41, 5.74) is 0.667. The van der Waals surface area contributed by atoms with Crippen LogP contribution in [0.1, 0.15) is 22.5 Å². The number of anilines is 1. The number of hydrogen-bond acceptors (Lipinski definition) is 7. The number of allylic oxidation sites excluding steroid dienone is 2. The van der Waals surface area contributed by atoms with Gasteiger partial charge in [-0.15, -0.1) is 0 Å². The van der Waals surface area contributed by atoms with Crippen molar-refractivity contribution in [3.05, 3.63) is 70.4 Å². The molecular formula is C30H29F2N7O4. The number of amides is 1. The van der Waals surface area contributed by atoms with Crippen LogP contribution in [-0.2, 0) is 11.8 Å². The molecule has 11 nitrogen and oxygen atoms in total. The second-order valence-corrected chi connectivity index (χ2v) is 11.2. The lowest BCUT2D eigenvalue weighted by atomic mass is 10.0. The molecule has 2 atom stereocenters. The molecule has 2 fully saturated rings. The van der Waals surface area contributed by atoms with E-state index in [0.29, 0.717) is 41.3 Å². The molecule has 0 aromatic carbocycles. The third-order valence-electron chi connectivity index (χ3n) is 8.39. The van der Waals surface area contributed by atoms with Crippen LogP contribution in [0.15, 0.2) is 47.9 Å². The summed E-state index contributed by atoms with van der Waals surface area (Å²) in [5.74, 6) is -2.59. The molecule has 1 amide bonds. The van der Waals surface area contributed by atoms with E-state index in [1.807, 2.05) is 7.05 Å². The third kappa shape index (κ3) is 4.56. The van der Waals surface area contributed by atoms with E-state index in [-0.39, 0.29) is 33.9 Å². The van der Waals surface area contributed by atoms with Crippen molar-refractivity contribution in [3.8, 4) is 11.1 Å². The minimum absolute atomic E-state index is 0.0672. The van der Waals surface area contributed by atoms with Gasteiger partial charge in [-0.25, -0.2) is 23.5 Å². The SMILES string of the molecule is C=C(F)/C=C(\c1[nH]c2ncc(-c3cnc4c(c3)c(=O)c(C(=O)O)cn4C)c(N3CC[C@H]4CN(C)C[C@H]43)c2c1F)N(C)C=O. The summed E-state index contributed by atoms with van der Waals surface area (Å²) in [4.78, 5) is 53.8. The Morgan fingerprint density at radius 1 is 1.26 bits per heavy atom. The number of H-pyrrole nitrogens is 1. The second kappa shape index (κ2) is 10.4. The molecule has 2 aliphatic heterocycles. The first kappa shape index (κ1) is 28.2. The van der Waals surface area contributed by atoms with Crippen molar-refractivity contribution >= 4 is 45.8 Å². The van der Waals surface area contributed by atoms with E-state index in [1.165, 1.54) is 17.8 Å². The zero-order valence-electron chi connectivity index (χ0n) is 23.8. The molecule has 0 spiro atoms. The number of carboxylic acids is 1. The number of hydrogen-bond donors (Lipinski definition) is 2. The summed E-state index contributed by atoms with van der Waals surface area (Å²) < 4.78 is 32.0. The number of halogens is 2. The van der Waals surface area contributed by atoms with E-state index in [9.17, 15) is 23.9 Å². The molecule has 2 N–H and O–H groups in total. The fraction of sp³-hybridized carbons (Fsp3) is 0.300. The van der Waals surface area contributed by atoms with E-state index in [4.69, 9.17) is 0 Å². The molecule has 4 aromatic rings. The molecule has 43 heavy (non-hydrogen) atoms. The van der Waals surface area contributed by atoms with Gasteiger partial charge < -0.3 is 29.4 Å². The minimum Gasteiger partial charge on any atom is -0.477 e. The molecule has 2 aliphatic rings. The Hall–Kier alpha value is -4.91. The normalized spacial score (nSPS) is 18.9. The number of carbonyl (C=O) groups excluding carboxylic acids is 1. The summed E-state index contributed by atoms with van der Waals surface area (Å²) in [6.45, 7) is 5.52. The van der Waals surface area contributed by atoms with Crippen molar-refractivity contribution in [3.63, 3.8) is 0 Å². The summed E-state index contributed by atoms with van der Waals surface area (Å²) in [6, 6.07) is 1.63. The first-order valence-electron chi connectivity index (χ1n) is 13.6. The highest BCUT2D eigenvalue weighted by molar-refractivity contribution is 6.02. The van der Waals surface area contributed by atoms with E-state index < -0.39 is 28.6 Å². The summed E-state index contributed by atoms with van der Waals surface area (Å²) >= 11 is 0. The maximum Gasteiger partial charge on any atom is 0.341 e. The van der Waals surface area contributed by atoms with Crippen molar-refractivity contribution in [2.45, 2.75) is 12.5 Å². The fourth-order valence-electron chi connectivity index (χ4n) is 6.46. The number of carbonyl (C=O) groups is 2. The van der Waals surface area contributed by atoms with Crippen LogP contribution in [0.25, 0.3) is 38.9 Å². The van der Waals surface area contributed by atoms with Crippen LogP contribution in [0.2, 0.25) is 0 Å². The Kier molecular flexibility index (Phi) is 6.84. The Bertz CT molecular complexity index is 1930. The summed E-state index contributed by atoms with van der Waals surface area (Å²) in [6.07, 6.45) is 6.61. The van der Waals surface area contributed by atoms with E-state index in [2.05, 4.69) is 31.3 Å². The quantitative estimate of drug-likeness (QED) is 0.248. The number of nitrogens with one attached hydrogen (secondary N) is 1. The van der Waals surface area contributed by atoms with Crippen LogP contribution in [0.3, 0.4) is 0 Å². The van der Waals surface area contributed by atoms with Gasteiger partial charge in [0, 0.05) is 69.5 Å². The van der Waals surface area contributed by atoms with Crippen LogP contribution in [0.4, 0.5) is 14.5 Å². The zero-order chi connectivity index (χ0) is 30.7. The van der Waals surface area contributed by atoms with Crippen molar-refractivity contribution in [2.24, 2.45) is 13.0 Å². The average Bonchev–Trinajstić information content (AvgIpc) is 3.64. The van der Waals surface area contributed by atoms with Gasteiger partial charge in [-0.05, 0) is 31.5 Å². The molecular weight excluding hydrogens is 560 g/mol.